The highest BCUT2D eigenvalue weighted by molar-refractivity contribution is 6.09. The Hall–Kier alpha value is -2.38. The summed E-state index contributed by atoms with van der Waals surface area (Å²) in [6.45, 7) is 2.20. The SMILES string of the molecule is C[C@@]1(C2CC2)NC(=O)N(CC(=O)N[C@H]2CCc3nccn3C2)C1=O. The molecule has 3 heterocycles. The molecule has 128 valence electrons. The highest BCUT2D eigenvalue weighted by atomic mass is 16.2. The molecular formula is C16H21N5O3. The molecule has 24 heavy (non-hydrogen) atoms. The second-order valence-electron chi connectivity index (χ2n) is 7.10. The number of fused-ring (bicyclic) bond motifs is 1. The van der Waals surface area contributed by atoms with Crippen LogP contribution in [0.2, 0.25) is 0 Å². The highest BCUT2D eigenvalue weighted by Gasteiger charge is 2.56. The van der Waals surface area contributed by atoms with Gasteiger partial charge in [-0.2, -0.15) is 0 Å². The first-order valence-electron chi connectivity index (χ1n) is 8.41. The van der Waals surface area contributed by atoms with Gasteiger partial charge in [-0.05, 0) is 32.1 Å². The van der Waals surface area contributed by atoms with Crippen LogP contribution in [-0.2, 0) is 22.6 Å². The van der Waals surface area contributed by atoms with E-state index < -0.39 is 11.6 Å². The summed E-state index contributed by atoms with van der Waals surface area (Å²) >= 11 is 0. The number of aromatic nitrogens is 2. The number of aryl methyl sites for hydroxylation is 1. The zero-order valence-electron chi connectivity index (χ0n) is 13.6. The lowest BCUT2D eigenvalue weighted by molar-refractivity contribution is -0.135. The Morgan fingerprint density at radius 3 is 2.96 bits per heavy atom. The fourth-order valence-electron chi connectivity index (χ4n) is 3.70. The van der Waals surface area contributed by atoms with Crippen molar-refractivity contribution in [1.29, 1.82) is 0 Å². The van der Waals surface area contributed by atoms with Gasteiger partial charge in [0.15, 0.2) is 0 Å². The molecule has 4 amide bonds. The van der Waals surface area contributed by atoms with E-state index in [1.807, 2.05) is 10.8 Å². The van der Waals surface area contributed by atoms with Crippen LogP contribution in [0.15, 0.2) is 12.4 Å². The van der Waals surface area contributed by atoms with Crippen molar-refractivity contribution in [3.05, 3.63) is 18.2 Å². The van der Waals surface area contributed by atoms with Gasteiger partial charge in [-0.15, -0.1) is 0 Å². The fourth-order valence-corrected chi connectivity index (χ4v) is 3.70. The molecule has 1 saturated heterocycles. The lowest BCUT2D eigenvalue weighted by atomic mass is 9.96. The number of amides is 4. The van der Waals surface area contributed by atoms with Gasteiger partial charge in [0.2, 0.25) is 5.91 Å². The summed E-state index contributed by atoms with van der Waals surface area (Å²) in [6.07, 6.45) is 7.15. The number of imidazole rings is 1. The molecule has 1 aromatic heterocycles. The van der Waals surface area contributed by atoms with Crippen LogP contribution in [-0.4, -0.2) is 50.4 Å². The van der Waals surface area contributed by atoms with Crippen LogP contribution in [0, 0.1) is 5.92 Å². The molecule has 2 N–H and O–H groups in total. The van der Waals surface area contributed by atoms with Gasteiger partial charge in [-0.1, -0.05) is 0 Å². The molecule has 2 aliphatic heterocycles. The zero-order chi connectivity index (χ0) is 16.9. The summed E-state index contributed by atoms with van der Waals surface area (Å²) in [4.78, 5) is 42.2. The normalized spacial score (nSPS) is 29.4. The van der Waals surface area contributed by atoms with Crippen molar-refractivity contribution in [2.45, 2.75) is 50.7 Å². The van der Waals surface area contributed by atoms with Gasteiger partial charge in [-0.25, -0.2) is 9.78 Å². The summed E-state index contributed by atoms with van der Waals surface area (Å²) in [7, 11) is 0. The fraction of sp³-hybridized carbons (Fsp3) is 0.625. The number of carbonyl (C=O) groups is 3. The van der Waals surface area contributed by atoms with Crippen molar-refractivity contribution in [2.24, 2.45) is 5.92 Å². The predicted molar refractivity (Wildman–Crippen MR) is 83.9 cm³/mol. The predicted octanol–water partition coefficient (Wildman–Crippen LogP) is 0.0346. The van der Waals surface area contributed by atoms with Crippen LogP contribution in [0.25, 0.3) is 0 Å². The molecule has 1 aliphatic carbocycles. The van der Waals surface area contributed by atoms with E-state index in [0.717, 1.165) is 36.4 Å². The average molecular weight is 331 g/mol. The van der Waals surface area contributed by atoms with Crippen LogP contribution in [0.3, 0.4) is 0 Å². The van der Waals surface area contributed by atoms with E-state index in [0.29, 0.717) is 6.54 Å². The Bertz CT molecular complexity index is 710. The minimum absolute atomic E-state index is 0.00483. The maximum atomic E-state index is 12.5. The van der Waals surface area contributed by atoms with Crippen molar-refractivity contribution < 1.29 is 14.4 Å². The van der Waals surface area contributed by atoms with Crippen LogP contribution in [0.1, 0.15) is 32.0 Å². The number of rotatable bonds is 4. The number of hydrogen-bond acceptors (Lipinski definition) is 4. The van der Waals surface area contributed by atoms with Gasteiger partial charge in [-0.3, -0.25) is 14.5 Å². The molecule has 2 atom stereocenters. The third-order valence-corrected chi connectivity index (χ3v) is 5.30. The minimum atomic E-state index is -0.839. The van der Waals surface area contributed by atoms with Gasteiger partial charge in [0.1, 0.15) is 17.9 Å². The van der Waals surface area contributed by atoms with E-state index in [-0.39, 0.29) is 30.3 Å². The van der Waals surface area contributed by atoms with Crippen LogP contribution >= 0.6 is 0 Å². The molecule has 8 heteroatoms. The standard InChI is InChI=1S/C16H21N5O3/c1-16(10-2-3-10)14(23)21(15(24)19-16)9-13(22)18-11-4-5-12-17-6-7-20(12)8-11/h6-7,10-11H,2-5,8-9H2,1H3,(H,18,22)(H,19,24)/t11-,16-/m0/s1. The van der Waals surface area contributed by atoms with Gasteiger partial charge in [0, 0.05) is 31.4 Å². The molecule has 0 bridgehead atoms. The van der Waals surface area contributed by atoms with Crippen molar-refractivity contribution >= 4 is 17.8 Å². The summed E-state index contributed by atoms with van der Waals surface area (Å²) < 4.78 is 2.02. The van der Waals surface area contributed by atoms with Gasteiger partial charge < -0.3 is 15.2 Å². The molecule has 3 aliphatic rings. The third kappa shape index (κ3) is 2.46. The lowest BCUT2D eigenvalue weighted by Gasteiger charge is -2.25. The molecule has 0 aromatic carbocycles. The maximum Gasteiger partial charge on any atom is 0.325 e. The number of nitrogens with one attached hydrogen (secondary N) is 2. The summed E-state index contributed by atoms with van der Waals surface area (Å²) in [5.74, 6) is 0.632. The smallest absolute Gasteiger partial charge is 0.325 e. The molecule has 1 saturated carbocycles. The molecule has 0 radical (unpaired) electrons. The Kier molecular flexibility index (Phi) is 3.36. The number of nitrogens with zero attached hydrogens (tertiary/aromatic N) is 3. The van der Waals surface area contributed by atoms with Crippen LogP contribution < -0.4 is 10.6 Å². The Balaban J connectivity index is 1.36. The second kappa shape index (κ2) is 5.32. The third-order valence-electron chi connectivity index (χ3n) is 5.30. The number of urea groups is 1. The highest BCUT2D eigenvalue weighted by Crippen LogP contribution is 2.42. The summed E-state index contributed by atoms with van der Waals surface area (Å²) in [6, 6.07) is -0.472. The van der Waals surface area contributed by atoms with Crippen molar-refractivity contribution in [2.75, 3.05) is 6.54 Å². The average Bonchev–Trinajstić information content (AvgIpc) is 3.26. The van der Waals surface area contributed by atoms with Gasteiger partial charge >= 0.3 is 6.03 Å². The number of hydrogen-bond donors (Lipinski definition) is 2. The monoisotopic (exact) mass is 331 g/mol. The molecule has 2 fully saturated rings. The molecule has 0 spiro atoms. The Morgan fingerprint density at radius 1 is 1.42 bits per heavy atom. The van der Waals surface area contributed by atoms with Crippen molar-refractivity contribution in [3.63, 3.8) is 0 Å². The van der Waals surface area contributed by atoms with E-state index in [2.05, 4.69) is 15.6 Å². The van der Waals surface area contributed by atoms with Gasteiger partial charge in [0.25, 0.3) is 5.91 Å². The minimum Gasteiger partial charge on any atom is -0.350 e. The zero-order valence-corrected chi connectivity index (χ0v) is 13.6. The first kappa shape index (κ1) is 15.2. The molecule has 0 unspecified atom stereocenters. The van der Waals surface area contributed by atoms with Crippen LogP contribution in [0.5, 0.6) is 0 Å². The summed E-state index contributed by atoms with van der Waals surface area (Å²) in [5, 5.41) is 5.68. The van der Waals surface area contributed by atoms with Gasteiger partial charge in [0.05, 0.1) is 0 Å². The summed E-state index contributed by atoms with van der Waals surface area (Å²) in [5.41, 5.74) is -0.839. The van der Waals surface area contributed by atoms with E-state index >= 15 is 0 Å². The van der Waals surface area contributed by atoms with E-state index in [4.69, 9.17) is 0 Å². The Labute approximate surface area is 139 Å². The van der Waals surface area contributed by atoms with E-state index in [1.54, 1.807) is 13.1 Å². The first-order valence-corrected chi connectivity index (χ1v) is 8.41. The second-order valence-corrected chi connectivity index (χ2v) is 7.10. The van der Waals surface area contributed by atoms with Crippen molar-refractivity contribution in [1.82, 2.24) is 25.1 Å². The molecule has 8 nitrogen and oxygen atoms in total. The molecule has 1 aromatic rings. The quantitative estimate of drug-likeness (QED) is 0.761. The molecular weight excluding hydrogens is 310 g/mol. The maximum absolute atomic E-state index is 12.5. The number of imide groups is 1. The molecule has 4 rings (SSSR count). The van der Waals surface area contributed by atoms with Crippen molar-refractivity contribution in [3.8, 4) is 0 Å². The number of carbonyl (C=O) groups excluding carboxylic acids is 3. The van der Waals surface area contributed by atoms with Crippen LogP contribution in [0.4, 0.5) is 4.79 Å². The first-order chi connectivity index (χ1) is 11.5. The Morgan fingerprint density at radius 2 is 2.21 bits per heavy atom. The lowest BCUT2D eigenvalue weighted by Crippen LogP contribution is -2.48. The topological polar surface area (TPSA) is 96.3 Å². The van der Waals surface area contributed by atoms with E-state index in [9.17, 15) is 14.4 Å². The largest absolute Gasteiger partial charge is 0.350 e. The van der Waals surface area contributed by atoms with E-state index in [1.165, 1.54) is 0 Å².